The predicted molar refractivity (Wildman–Crippen MR) is 79.9 cm³/mol. The summed E-state index contributed by atoms with van der Waals surface area (Å²) < 4.78 is 27.0. The molecule has 7 heteroatoms. The molecule has 0 aromatic heterocycles. The van der Waals surface area contributed by atoms with Gasteiger partial charge in [0.2, 0.25) is 10.0 Å². The topological polar surface area (TPSA) is 74.7 Å². The van der Waals surface area contributed by atoms with E-state index in [1.807, 2.05) is 0 Å². The van der Waals surface area contributed by atoms with Gasteiger partial charge in [-0.3, -0.25) is 4.79 Å². The molecule has 1 aromatic rings. The SMILES string of the molecule is Cc1cccc(Cl)c1S(=O)(=O)N1CCC[C@@H](C(=O)O)[C@H]1C. The Morgan fingerprint density at radius 1 is 1.43 bits per heavy atom. The molecular weight excluding hydrogens is 314 g/mol. The fourth-order valence-corrected chi connectivity index (χ4v) is 5.33. The number of aliphatic carboxylic acids is 1. The molecule has 21 heavy (non-hydrogen) atoms. The van der Waals surface area contributed by atoms with E-state index in [-0.39, 0.29) is 9.92 Å². The minimum Gasteiger partial charge on any atom is -0.481 e. The van der Waals surface area contributed by atoms with Gasteiger partial charge in [-0.15, -0.1) is 0 Å². The van der Waals surface area contributed by atoms with E-state index in [1.165, 1.54) is 10.4 Å². The lowest BCUT2D eigenvalue weighted by molar-refractivity contribution is -0.144. The van der Waals surface area contributed by atoms with Gasteiger partial charge in [-0.25, -0.2) is 8.42 Å². The molecular formula is C14H18ClNO4S. The van der Waals surface area contributed by atoms with Crippen LogP contribution in [0.15, 0.2) is 23.1 Å². The standard InChI is InChI=1S/C14H18ClNO4S/c1-9-5-3-7-12(15)13(9)21(19,20)16-8-4-6-11(10(16)2)14(17)18/h3,5,7,10-11H,4,6,8H2,1-2H3,(H,17,18)/t10-,11-/m1/s1. The summed E-state index contributed by atoms with van der Waals surface area (Å²) >= 11 is 6.06. The van der Waals surface area contributed by atoms with Gasteiger partial charge in [-0.1, -0.05) is 23.7 Å². The van der Waals surface area contributed by atoms with E-state index in [0.29, 0.717) is 24.9 Å². The highest BCUT2D eigenvalue weighted by Gasteiger charge is 2.40. The summed E-state index contributed by atoms with van der Waals surface area (Å²) in [5.41, 5.74) is 0.562. The third kappa shape index (κ3) is 2.93. The van der Waals surface area contributed by atoms with E-state index in [4.69, 9.17) is 11.6 Å². The molecule has 116 valence electrons. The zero-order chi connectivity index (χ0) is 15.8. The molecule has 0 spiro atoms. The largest absolute Gasteiger partial charge is 0.481 e. The number of benzene rings is 1. The summed E-state index contributed by atoms with van der Waals surface area (Å²) in [4.78, 5) is 11.3. The van der Waals surface area contributed by atoms with Crippen molar-refractivity contribution in [1.29, 1.82) is 0 Å². The summed E-state index contributed by atoms with van der Waals surface area (Å²) in [7, 11) is -3.80. The van der Waals surface area contributed by atoms with Crippen LogP contribution in [0.3, 0.4) is 0 Å². The van der Waals surface area contributed by atoms with Crippen molar-refractivity contribution in [2.24, 2.45) is 5.92 Å². The van der Waals surface area contributed by atoms with Gasteiger partial charge in [-0.2, -0.15) is 4.31 Å². The molecule has 2 atom stereocenters. The first-order chi connectivity index (χ1) is 9.76. The van der Waals surface area contributed by atoms with Crippen molar-refractivity contribution in [2.75, 3.05) is 6.54 Å². The number of carboxylic acids is 1. The first-order valence-corrected chi connectivity index (χ1v) is 8.58. The van der Waals surface area contributed by atoms with E-state index >= 15 is 0 Å². The second-order valence-corrected chi connectivity index (χ2v) is 7.56. The molecule has 0 amide bonds. The number of carbonyl (C=O) groups is 1. The average molecular weight is 332 g/mol. The Morgan fingerprint density at radius 2 is 2.10 bits per heavy atom. The lowest BCUT2D eigenvalue weighted by Crippen LogP contribution is -2.49. The quantitative estimate of drug-likeness (QED) is 0.923. The predicted octanol–water partition coefficient (Wildman–Crippen LogP) is 2.52. The van der Waals surface area contributed by atoms with Crippen LogP contribution in [-0.2, 0) is 14.8 Å². The number of rotatable bonds is 3. The van der Waals surface area contributed by atoms with Crippen LogP contribution in [0.1, 0.15) is 25.3 Å². The average Bonchev–Trinajstić information content (AvgIpc) is 2.37. The van der Waals surface area contributed by atoms with E-state index in [0.717, 1.165) is 0 Å². The Hall–Kier alpha value is -1.11. The normalized spacial score (nSPS) is 24.0. The Bertz CT molecular complexity index is 639. The van der Waals surface area contributed by atoms with Gasteiger partial charge >= 0.3 is 5.97 Å². The number of piperidine rings is 1. The van der Waals surface area contributed by atoms with Crippen LogP contribution in [0.25, 0.3) is 0 Å². The van der Waals surface area contributed by atoms with Crippen LogP contribution in [0, 0.1) is 12.8 Å². The number of hydrogen-bond donors (Lipinski definition) is 1. The van der Waals surface area contributed by atoms with Crippen LogP contribution in [-0.4, -0.2) is 36.4 Å². The zero-order valence-corrected chi connectivity index (χ0v) is 13.5. The smallest absolute Gasteiger partial charge is 0.308 e. The molecule has 1 heterocycles. The molecule has 1 N–H and O–H groups in total. The zero-order valence-electron chi connectivity index (χ0n) is 11.9. The van der Waals surface area contributed by atoms with Crippen LogP contribution in [0.4, 0.5) is 0 Å². The van der Waals surface area contributed by atoms with Gasteiger partial charge in [0.05, 0.1) is 10.9 Å². The van der Waals surface area contributed by atoms with Crippen molar-refractivity contribution in [2.45, 2.75) is 37.6 Å². The van der Waals surface area contributed by atoms with E-state index in [1.54, 1.807) is 26.0 Å². The third-order valence-corrected chi connectivity index (χ3v) is 6.60. The minimum atomic E-state index is -3.80. The van der Waals surface area contributed by atoms with Gasteiger partial charge in [0, 0.05) is 12.6 Å². The molecule has 0 radical (unpaired) electrons. The van der Waals surface area contributed by atoms with Crippen LogP contribution in [0.2, 0.25) is 5.02 Å². The lowest BCUT2D eigenvalue weighted by atomic mass is 9.92. The molecule has 5 nitrogen and oxygen atoms in total. The highest BCUT2D eigenvalue weighted by Crippen LogP contribution is 2.33. The fraction of sp³-hybridized carbons (Fsp3) is 0.500. The van der Waals surface area contributed by atoms with Crippen molar-refractivity contribution >= 4 is 27.6 Å². The minimum absolute atomic E-state index is 0.0737. The second-order valence-electron chi connectivity index (χ2n) is 5.33. The maximum atomic E-state index is 12.9. The van der Waals surface area contributed by atoms with Gasteiger partial charge < -0.3 is 5.11 Å². The first kappa shape index (κ1) is 16.3. The van der Waals surface area contributed by atoms with Crippen LogP contribution in [0.5, 0.6) is 0 Å². The van der Waals surface area contributed by atoms with E-state index in [2.05, 4.69) is 0 Å². The van der Waals surface area contributed by atoms with E-state index in [9.17, 15) is 18.3 Å². The molecule has 0 bridgehead atoms. The number of nitrogens with zero attached hydrogens (tertiary/aromatic N) is 1. The number of sulfonamides is 1. The molecule has 1 saturated heterocycles. The number of hydrogen-bond acceptors (Lipinski definition) is 3. The Kier molecular flexibility index (Phi) is 4.60. The number of carboxylic acid groups (broad SMARTS) is 1. The Morgan fingerprint density at radius 3 is 2.67 bits per heavy atom. The summed E-state index contributed by atoms with van der Waals surface area (Å²) in [6.07, 6.45) is 1.02. The van der Waals surface area contributed by atoms with Crippen LogP contribution >= 0.6 is 11.6 Å². The maximum absolute atomic E-state index is 12.9. The molecule has 1 aliphatic rings. The molecule has 0 aliphatic carbocycles. The molecule has 2 rings (SSSR count). The maximum Gasteiger partial charge on any atom is 0.308 e. The Balaban J connectivity index is 2.46. The first-order valence-electron chi connectivity index (χ1n) is 6.76. The molecule has 0 saturated carbocycles. The third-order valence-electron chi connectivity index (χ3n) is 3.98. The van der Waals surface area contributed by atoms with Gasteiger partial charge in [-0.05, 0) is 38.3 Å². The highest BCUT2D eigenvalue weighted by atomic mass is 35.5. The molecule has 1 aromatic carbocycles. The molecule has 1 aliphatic heterocycles. The molecule has 1 fully saturated rings. The lowest BCUT2D eigenvalue weighted by Gasteiger charge is -2.36. The van der Waals surface area contributed by atoms with Crippen molar-refractivity contribution < 1.29 is 18.3 Å². The number of halogens is 1. The number of aryl methyl sites for hydroxylation is 1. The summed E-state index contributed by atoms with van der Waals surface area (Å²) in [5, 5.41) is 9.39. The highest BCUT2D eigenvalue weighted by molar-refractivity contribution is 7.89. The fourth-order valence-electron chi connectivity index (χ4n) is 2.84. The molecule has 0 unspecified atom stereocenters. The van der Waals surface area contributed by atoms with Gasteiger partial charge in [0.1, 0.15) is 4.90 Å². The van der Waals surface area contributed by atoms with E-state index < -0.39 is 28.0 Å². The second kappa shape index (κ2) is 5.94. The van der Waals surface area contributed by atoms with Crippen molar-refractivity contribution in [1.82, 2.24) is 4.31 Å². The van der Waals surface area contributed by atoms with Crippen molar-refractivity contribution in [3.63, 3.8) is 0 Å². The Labute approximate surface area is 129 Å². The summed E-state index contributed by atoms with van der Waals surface area (Å²) in [5.74, 6) is -1.64. The van der Waals surface area contributed by atoms with Crippen molar-refractivity contribution in [3.05, 3.63) is 28.8 Å². The summed E-state index contributed by atoms with van der Waals surface area (Å²) in [6, 6.07) is 4.32. The monoisotopic (exact) mass is 331 g/mol. The van der Waals surface area contributed by atoms with Crippen molar-refractivity contribution in [3.8, 4) is 0 Å². The van der Waals surface area contributed by atoms with Crippen LogP contribution < -0.4 is 0 Å². The van der Waals surface area contributed by atoms with Gasteiger partial charge in [0.25, 0.3) is 0 Å². The summed E-state index contributed by atoms with van der Waals surface area (Å²) in [6.45, 7) is 3.64. The van der Waals surface area contributed by atoms with Gasteiger partial charge in [0.15, 0.2) is 0 Å².